The maximum Gasteiger partial charge on any atom is 0.246 e. The number of nitrogens with zero attached hydrogens (tertiary/aromatic N) is 4. The van der Waals surface area contributed by atoms with Gasteiger partial charge < -0.3 is 9.80 Å². The second-order valence-electron chi connectivity index (χ2n) is 5.39. The highest BCUT2D eigenvalue weighted by molar-refractivity contribution is 5.96. The highest BCUT2D eigenvalue weighted by Gasteiger charge is 2.44. The van der Waals surface area contributed by atoms with Crippen LogP contribution in [0.4, 0.5) is 0 Å². The molecule has 6 heteroatoms. The smallest absolute Gasteiger partial charge is 0.246 e. The topological polar surface area (TPSA) is 66.4 Å². The lowest BCUT2D eigenvalue weighted by atomic mass is 9.95. The Labute approximate surface area is 117 Å². The molecular formula is C14H18N4O2. The molecule has 6 nitrogen and oxygen atoms in total. The maximum absolute atomic E-state index is 12.6. The van der Waals surface area contributed by atoms with Crippen LogP contribution >= 0.6 is 0 Å². The van der Waals surface area contributed by atoms with Gasteiger partial charge in [-0.15, -0.1) is 0 Å². The van der Waals surface area contributed by atoms with E-state index in [2.05, 4.69) is 9.97 Å². The molecular weight excluding hydrogens is 256 g/mol. The summed E-state index contributed by atoms with van der Waals surface area (Å²) in [4.78, 5) is 36.4. The Bertz CT molecular complexity index is 519. The number of hydrogen-bond donors (Lipinski definition) is 0. The van der Waals surface area contributed by atoms with Gasteiger partial charge in [-0.2, -0.15) is 0 Å². The van der Waals surface area contributed by atoms with Crippen molar-refractivity contribution in [2.75, 3.05) is 6.54 Å². The number of amides is 2. The van der Waals surface area contributed by atoms with Crippen molar-refractivity contribution in [3.8, 4) is 0 Å². The quantitative estimate of drug-likeness (QED) is 0.791. The van der Waals surface area contributed by atoms with Crippen molar-refractivity contribution in [3.63, 3.8) is 0 Å². The van der Waals surface area contributed by atoms with Gasteiger partial charge in [0.05, 0.1) is 12.2 Å². The summed E-state index contributed by atoms with van der Waals surface area (Å²) in [5, 5.41) is 0. The van der Waals surface area contributed by atoms with Crippen LogP contribution in [-0.4, -0.2) is 50.2 Å². The summed E-state index contributed by atoms with van der Waals surface area (Å²) >= 11 is 0. The average Bonchev–Trinajstić information content (AvgIpc) is 2.50. The predicted octanol–water partition coefficient (Wildman–Crippen LogP) is 0.588. The molecule has 2 saturated heterocycles. The van der Waals surface area contributed by atoms with Crippen LogP contribution < -0.4 is 0 Å². The zero-order valence-corrected chi connectivity index (χ0v) is 11.5. The third kappa shape index (κ3) is 2.15. The minimum Gasteiger partial charge on any atom is -0.329 e. The first kappa shape index (κ1) is 13.0. The number of fused-ring (bicyclic) bond motifs is 1. The van der Waals surface area contributed by atoms with Gasteiger partial charge in [-0.05, 0) is 32.3 Å². The van der Waals surface area contributed by atoms with Gasteiger partial charge in [-0.3, -0.25) is 9.59 Å². The summed E-state index contributed by atoms with van der Waals surface area (Å²) in [6.07, 6.45) is 5.89. The van der Waals surface area contributed by atoms with Crippen LogP contribution in [0.2, 0.25) is 0 Å². The Morgan fingerprint density at radius 1 is 1.30 bits per heavy atom. The van der Waals surface area contributed by atoms with E-state index in [1.54, 1.807) is 29.0 Å². The van der Waals surface area contributed by atoms with Crippen LogP contribution in [0, 0.1) is 0 Å². The van der Waals surface area contributed by atoms with Gasteiger partial charge in [0.1, 0.15) is 18.4 Å². The fourth-order valence-corrected chi connectivity index (χ4v) is 3.01. The monoisotopic (exact) mass is 274 g/mol. The Kier molecular flexibility index (Phi) is 3.38. The van der Waals surface area contributed by atoms with Gasteiger partial charge >= 0.3 is 0 Å². The standard InChI is InChI=1S/C14H18N4O2/c1-10-13(19)17-7-3-2-4-12(17)14(20)18(10)8-11-5-6-15-9-16-11/h5-6,9-10,12H,2-4,7-8H2,1H3. The number of carbonyl (C=O) groups excluding carboxylic acids is 2. The van der Waals surface area contributed by atoms with Crippen molar-refractivity contribution in [2.24, 2.45) is 0 Å². The summed E-state index contributed by atoms with van der Waals surface area (Å²) in [5.41, 5.74) is 0.761. The second kappa shape index (κ2) is 5.19. The lowest BCUT2D eigenvalue weighted by Gasteiger charge is -2.45. The molecule has 2 fully saturated rings. The summed E-state index contributed by atoms with van der Waals surface area (Å²) in [6, 6.07) is 1.10. The number of aromatic nitrogens is 2. The third-order valence-corrected chi connectivity index (χ3v) is 4.15. The molecule has 0 bridgehead atoms. The Morgan fingerprint density at radius 2 is 2.15 bits per heavy atom. The normalized spacial score (nSPS) is 26.6. The van der Waals surface area contributed by atoms with E-state index in [-0.39, 0.29) is 17.9 Å². The lowest BCUT2D eigenvalue weighted by molar-refractivity contribution is -0.163. The molecule has 3 heterocycles. The van der Waals surface area contributed by atoms with Crippen molar-refractivity contribution in [1.82, 2.24) is 19.8 Å². The fraction of sp³-hybridized carbons (Fsp3) is 0.571. The van der Waals surface area contributed by atoms with Gasteiger partial charge in [0, 0.05) is 12.7 Å². The number of piperazine rings is 1. The van der Waals surface area contributed by atoms with Gasteiger partial charge in [-0.1, -0.05) is 0 Å². The molecule has 0 N–H and O–H groups in total. The van der Waals surface area contributed by atoms with Crippen molar-refractivity contribution < 1.29 is 9.59 Å². The van der Waals surface area contributed by atoms with Crippen LogP contribution in [0.25, 0.3) is 0 Å². The molecule has 2 unspecified atom stereocenters. The molecule has 2 atom stereocenters. The first-order valence-electron chi connectivity index (χ1n) is 7.04. The highest BCUT2D eigenvalue weighted by atomic mass is 16.2. The van der Waals surface area contributed by atoms with Gasteiger partial charge in [0.25, 0.3) is 0 Å². The largest absolute Gasteiger partial charge is 0.329 e. The van der Waals surface area contributed by atoms with E-state index >= 15 is 0 Å². The molecule has 2 amide bonds. The number of rotatable bonds is 2. The van der Waals surface area contributed by atoms with Crippen LogP contribution in [0.5, 0.6) is 0 Å². The van der Waals surface area contributed by atoms with E-state index in [0.717, 1.165) is 25.0 Å². The summed E-state index contributed by atoms with van der Waals surface area (Å²) in [7, 11) is 0. The number of piperidine rings is 1. The van der Waals surface area contributed by atoms with Crippen LogP contribution in [0.15, 0.2) is 18.6 Å². The molecule has 20 heavy (non-hydrogen) atoms. The van der Waals surface area contributed by atoms with E-state index in [1.807, 2.05) is 0 Å². The van der Waals surface area contributed by atoms with Crippen molar-refractivity contribution >= 4 is 11.8 Å². The molecule has 0 radical (unpaired) electrons. The van der Waals surface area contributed by atoms with E-state index in [9.17, 15) is 9.59 Å². The molecule has 2 aliphatic rings. The number of carbonyl (C=O) groups is 2. The number of hydrogen-bond acceptors (Lipinski definition) is 4. The van der Waals surface area contributed by atoms with Crippen LogP contribution in [0.1, 0.15) is 31.9 Å². The van der Waals surface area contributed by atoms with E-state index in [1.165, 1.54) is 6.33 Å². The fourth-order valence-electron chi connectivity index (χ4n) is 3.01. The zero-order valence-electron chi connectivity index (χ0n) is 11.5. The molecule has 106 valence electrons. The van der Waals surface area contributed by atoms with Crippen LogP contribution in [-0.2, 0) is 16.1 Å². The van der Waals surface area contributed by atoms with Gasteiger partial charge in [0.2, 0.25) is 11.8 Å². The van der Waals surface area contributed by atoms with Crippen molar-refractivity contribution in [3.05, 3.63) is 24.3 Å². The SMILES string of the molecule is CC1C(=O)N2CCCCC2C(=O)N1Cc1ccncn1. The minimum absolute atomic E-state index is 0.0513. The highest BCUT2D eigenvalue weighted by Crippen LogP contribution is 2.26. The predicted molar refractivity (Wildman–Crippen MR) is 71.4 cm³/mol. The average molecular weight is 274 g/mol. The zero-order chi connectivity index (χ0) is 14.1. The Morgan fingerprint density at radius 3 is 2.90 bits per heavy atom. The first-order valence-corrected chi connectivity index (χ1v) is 7.04. The Hall–Kier alpha value is -1.98. The van der Waals surface area contributed by atoms with E-state index in [4.69, 9.17) is 0 Å². The molecule has 1 aromatic rings. The van der Waals surface area contributed by atoms with Gasteiger partial charge in [-0.25, -0.2) is 9.97 Å². The molecule has 1 aromatic heterocycles. The Balaban J connectivity index is 1.83. The maximum atomic E-state index is 12.6. The van der Waals surface area contributed by atoms with Crippen LogP contribution in [0.3, 0.4) is 0 Å². The van der Waals surface area contributed by atoms with Crippen molar-refractivity contribution in [2.45, 2.75) is 44.8 Å². The molecule has 0 saturated carbocycles. The summed E-state index contributed by atoms with van der Waals surface area (Å²) in [5.74, 6) is 0.110. The molecule has 0 aliphatic carbocycles. The van der Waals surface area contributed by atoms with Crippen molar-refractivity contribution in [1.29, 1.82) is 0 Å². The van der Waals surface area contributed by atoms with E-state index < -0.39 is 6.04 Å². The second-order valence-corrected chi connectivity index (χ2v) is 5.39. The minimum atomic E-state index is -0.410. The summed E-state index contributed by atoms with van der Waals surface area (Å²) in [6.45, 7) is 2.88. The molecule has 3 rings (SSSR count). The first-order chi connectivity index (χ1) is 9.68. The molecule has 0 aromatic carbocycles. The lowest BCUT2D eigenvalue weighted by Crippen LogP contribution is -2.64. The molecule has 0 spiro atoms. The van der Waals surface area contributed by atoms with Gasteiger partial charge in [0.15, 0.2) is 0 Å². The van der Waals surface area contributed by atoms with E-state index in [0.29, 0.717) is 13.1 Å². The molecule has 2 aliphatic heterocycles. The summed E-state index contributed by atoms with van der Waals surface area (Å²) < 4.78 is 0. The third-order valence-electron chi connectivity index (χ3n) is 4.15.